The van der Waals surface area contributed by atoms with Gasteiger partial charge in [0.15, 0.2) is 5.75 Å². The normalized spacial score (nSPS) is 22.1. The Hall–Kier alpha value is -2.90. The molecule has 0 fully saturated rings. The van der Waals surface area contributed by atoms with E-state index in [4.69, 9.17) is 9.47 Å². The zero-order valence-corrected chi connectivity index (χ0v) is 22.6. The summed E-state index contributed by atoms with van der Waals surface area (Å²) in [5.74, 6) is -2.32. The lowest BCUT2D eigenvalue weighted by Crippen LogP contribution is -2.46. The van der Waals surface area contributed by atoms with Gasteiger partial charge < -0.3 is 14.4 Å². The number of nitrogens with zero attached hydrogens (tertiary/aromatic N) is 3. The van der Waals surface area contributed by atoms with Crippen molar-refractivity contribution in [3.8, 4) is 5.75 Å². The van der Waals surface area contributed by atoms with Gasteiger partial charge in [0, 0.05) is 51.7 Å². The third kappa shape index (κ3) is 8.30. The summed E-state index contributed by atoms with van der Waals surface area (Å²) in [5.41, 5.74) is 0.731. The van der Waals surface area contributed by atoms with Crippen LogP contribution in [0.4, 0.5) is 18.9 Å². The topological polar surface area (TPSA) is 101 Å². The molecule has 0 saturated heterocycles. The zero-order valence-electron chi connectivity index (χ0n) is 21.7. The average molecular weight is 559 g/mol. The molecule has 1 aromatic heterocycles. The summed E-state index contributed by atoms with van der Waals surface area (Å²) in [6.45, 7) is 5.64. The Bertz CT molecular complexity index is 1200. The molecule has 0 spiro atoms. The first kappa shape index (κ1) is 29.7. The number of alkyl halides is 3. The fourth-order valence-corrected chi connectivity index (χ4v) is 5.26. The van der Waals surface area contributed by atoms with Crippen LogP contribution in [0.2, 0.25) is 0 Å². The highest BCUT2D eigenvalue weighted by Crippen LogP contribution is 2.28. The SMILES string of the molecule is CO[C@@H]1CN(C)C(=O)c2cc(NS(=O)(=O)CC(F)(F)F)ccc2OC[C@@H](C)N(Cc2ccccn2)C[C@H]1C. The number of fused-ring (bicyclic) bond motifs is 1. The van der Waals surface area contributed by atoms with Gasteiger partial charge in [-0.25, -0.2) is 8.42 Å². The van der Waals surface area contributed by atoms with E-state index < -0.39 is 27.9 Å². The van der Waals surface area contributed by atoms with Crippen molar-refractivity contribution in [2.45, 2.75) is 38.7 Å². The highest BCUT2D eigenvalue weighted by atomic mass is 32.2. The molecule has 1 N–H and O–H groups in total. The Balaban J connectivity index is 1.94. The number of aromatic nitrogens is 1. The van der Waals surface area contributed by atoms with E-state index >= 15 is 0 Å². The van der Waals surface area contributed by atoms with Crippen molar-refractivity contribution < 1.29 is 35.9 Å². The standard InChI is InChI=1S/C25H33F3N4O5S/c1-17-12-32(13-20-7-5-6-10-29-20)18(2)15-37-22-9-8-19(30-38(34,35)16-25(26,27)28)11-21(22)24(33)31(3)14-23(17)36-4/h5-11,17-18,23,30H,12-16H2,1-4H3/t17-,18-,23-/m1/s1. The second-order valence-electron chi connectivity index (χ2n) is 9.53. The number of sulfonamides is 1. The minimum atomic E-state index is -4.91. The number of anilines is 1. The van der Waals surface area contributed by atoms with Crippen LogP contribution in [0.5, 0.6) is 5.75 Å². The summed E-state index contributed by atoms with van der Waals surface area (Å²) < 4.78 is 75.7. The van der Waals surface area contributed by atoms with Crippen LogP contribution in [0.1, 0.15) is 29.9 Å². The minimum absolute atomic E-state index is 0.0146. The number of rotatable bonds is 6. The number of hydrogen-bond donors (Lipinski definition) is 1. The molecule has 0 unspecified atom stereocenters. The van der Waals surface area contributed by atoms with E-state index in [9.17, 15) is 26.4 Å². The molecule has 2 heterocycles. The molecule has 9 nitrogen and oxygen atoms in total. The first-order valence-electron chi connectivity index (χ1n) is 12.0. The number of carbonyl (C=O) groups is 1. The zero-order chi connectivity index (χ0) is 28.1. The molecular formula is C25H33F3N4O5S. The molecule has 1 aromatic carbocycles. The van der Waals surface area contributed by atoms with E-state index in [1.807, 2.05) is 36.8 Å². The lowest BCUT2D eigenvalue weighted by molar-refractivity contribution is -0.106. The number of pyridine rings is 1. The number of benzene rings is 1. The number of nitrogens with one attached hydrogen (secondary N) is 1. The molecule has 1 aliphatic heterocycles. The molecule has 0 bridgehead atoms. The monoisotopic (exact) mass is 558 g/mol. The number of carbonyl (C=O) groups excluding carboxylic acids is 1. The van der Waals surface area contributed by atoms with Gasteiger partial charge in [-0.3, -0.25) is 19.4 Å². The second-order valence-corrected chi connectivity index (χ2v) is 11.3. The molecule has 2 aromatic rings. The van der Waals surface area contributed by atoms with Gasteiger partial charge in [0.1, 0.15) is 12.4 Å². The van der Waals surface area contributed by atoms with Crippen molar-refractivity contribution in [3.63, 3.8) is 0 Å². The van der Waals surface area contributed by atoms with Crippen LogP contribution in [0.15, 0.2) is 42.6 Å². The van der Waals surface area contributed by atoms with Crippen LogP contribution in [0, 0.1) is 5.92 Å². The highest BCUT2D eigenvalue weighted by Gasteiger charge is 2.35. The van der Waals surface area contributed by atoms with Gasteiger partial charge in [-0.2, -0.15) is 13.2 Å². The molecule has 1 aliphatic rings. The maximum absolute atomic E-state index is 13.4. The molecule has 38 heavy (non-hydrogen) atoms. The Morgan fingerprint density at radius 2 is 1.92 bits per heavy atom. The minimum Gasteiger partial charge on any atom is -0.491 e. The van der Waals surface area contributed by atoms with E-state index in [1.54, 1.807) is 20.4 Å². The van der Waals surface area contributed by atoms with Crippen molar-refractivity contribution in [2.24, 2.45) is 5.92 Å². The lowest BCUT2D eigenvalue weighted by atomic mass is 10.0. The summed E-state index contributed by atoms with van der Waals surface area (Å²) >= 11 is 0. The Morgan fingerprint density at radius 3 is 2.55 bits per heavy atom. The average Bonchev–Trinajstić information content (AvgIpc) is 2.83. The molecule has 3 atom stereocenters. The highest BCUT2D eigenvalue weighted by molar-refractivity contribution is 7.92. The van der Waals surface area contributed by atoms with Gasteiger partial charge in [0.05, 0.1) is 17.4 Å². The number of likely N-dealkylation sites (N-methyl/N-ethyl adjacent to an activating group) is 1. The van der Waals surface area contributed by atoms with Crippen LogP contribution < -0.4 is 9.46 Å². The molecule has 0 saturated carbocycles. The first-order valence-corrected chi connectivity index (χ1v) is 13.7. The van der Waals surface area contributed by atoms with Crippen LogP contribution in [0.3, 0.4) is 0 Å². The summed E-state index contributed by atoms with van der Waals surface area (Å²) in [7, 11) is -1.58. The summed E-state index contributed by atoms with van der Waals surface area (Å²) in [6, 6.07) is 9.42. The Morgan fingerprint density at radius 1 is 1.18 bits per heavy atom. The molecule has 13 heteroatoms. The van der Waals surface area contributed by atoms with Crippen LogP contribution in [-0.4, -0.2) is 87.0 Å². The number of hydrogen-bond acceptors (Lipinski definition) is 7. The maximum atomic E-state index is 13.4. The third-order valence-electron chi connectivity index (χ3n) is 6.29. The van der Waals surface area contributed by atoms with Crippen LogP contribution >= 0.6 is 0 Å². The predicted molar refractivity (Wildman–Crippen MR) is 136 cm³/mol. The largest absolute Gasteiger partial charge is 0.491 e. The first-order chi connectivity index (χ1) is 17.8. The second kappa shape index (κ2) is 12.3. The van der Waals surface area contributed by atoms with Crippen molar-refractivity contribution in [1.82, 2.24) is 14.8 Å². The van der Waals surface area contributed by atoms with Gasteiger partial charge in [0.2, 0.25) is 10.0 Å². The Kier molecular flexibility index (Phi) is 9.60. The van der Waals surface area contributed by atoms with Crippen molar-refractivity contribution in [1.29, 1.82) is 0 Å². The smallest absolute Gasteiger partial charge is 0.404 e. The number of methoxy groups -OCH3 is 1. The predicted octanol–water partition coefficient (Wildman–Crippen LogP) is 3.39. The molecular weight excluding hydrogens is 525 g/mol. The lowest BCUT2D eigenvalue weighted by Gasteiger charge is -2.35. The third-order valence-corrected chi connectivity index (χ3v) is 7.55. The van der Waals surface area contributed by atoms with Crippen LogP contribution in [-0.2, 0) is 21.3 Å². The summed E-state index contributed by atoms with van der Waals surface area (Å²) in [6.07, 6.45) is -3.50. The van der Waals surface area contributed by atoms with E-state index in [0.717, 1.165) is 5.69 Å². The molecule has 1 amide bonds. The van der Waals surface area contributed by atoms with Crippen LogP contribution in [0.25, 0.3) is 0 Å². The van der Waals surface area contributed by atoms with E-state index in [-0.39, 0.29) is 48.2 Å². The molecule has 0 aliphatic carbocycles. The quantitative estimate of drug-likeness (QED) is 0.580. The van der Waals surface area contributed by atoms with E-state index in [2.05, 4.69) is 9.88 Å². The molecule has 3 rings (SSSR count). The summed E-state index contributed by atoms with van der Waals surface area (Å²) in [4.78, 5) is 21.4. The van der Waals surface area contributed by atoms with Gasteiger partial charge >= 0.3 is 6.18 Å². The van der Waals surface area contributed by atoms with E-state index in [0.29, 0.717) is 13.1 Å². The van der Waals surface area contributed by atoms with Gasteiger partial charge in [-0.1, -0.05) is 13.0 Å². The van der Waals surface area contributed by atoms with Crippen molar-refractivity contribution in [2.75, 3.05) is 44.3 Å². The van der Waals surface area contributed by atoms with Crippen molar-refractivity contribution >= 4 is 21.6 Å². The van der Waals surface area contributed by atoms with Crippen molar-refractivity contribution in [3.05, 3.63) is 53.9 Å². The number of halogens is 3. The molecule has 210 valence electrons. The van der Waals surface area contributed by atoms with Gasteiger partial charge in [-0.15, -0.1) is 0 Å². The summed E-state index contributed by atoms with van der Waals surface area (Å²) in [5, 5.41) is 0. The fraction of sp³-hybridized carbons (Fsp3) is 0.520. The van der Waals surface area contributed by atoms with Gasteiger partial charge in [-0.05, 0) is 43.2 Å². The van der Waals surface area contributed by atoms with Gasteiger partial charge in [0.25, 0.3) is 5.91 Å². The maximum Gasteiger partial charge on any atom is 0.404 e. The number of ether oxygens (including phenoxy) is 2. The Labute approximate surface area is 221 Å². The number of amides is 1. The fourth-order valence-electron chi connectivity index (χ4n) is 4.27. The van der Waals surface area contributed by atoms with E-state index in [1.165, 1.54) is 23.1 Å². The molecule has 0 radical (unpaired) electrons.